The summed E-state index contributed by atoms with van der Waals surface area (Å²) in [6, 6.07) is 0. The van der Waals surface area contributed by atoms with Crippen molar-refractivity contribution in [2.45, 2.75) is 98.2 Å². The van der Waals surface area contributed by atoms with E-state index in [4.69, 9.17) is 96.2 Å². The van der Waals surface area contributed by atoms with Gasteiger partial charge in [0.05, 0.1) is 65.0 Å². The van der Waals surface area contributed by atoms with Crippen LogP contribution in [0.1, 0.15) is 24.9 Å². The van der Waals surface area contributed by atoms with E-state index < -0.39 is 253 Å². The Labute approximate surface area is 559 Å². The first kappa shape index (κ1) is 72.0. The molecule has 6 fully saturated rings. The standard InChI is InChI=1S/C42H52N20O34P6/c43-39-51-27-15(31(65)55-39)47-7-59(27)35-19(63)21-11(87-35)3-83-101(77,78)93-23-13(5-85-99(73,74)91-21)89-37(61-9-49-17-29(61)53-41(45)57-33(17)67)25(23)95-97(69,70)81-1-2-82-98(71,72)96-26-24-14(90-38(26)62-10-50-18-30(62)54-42(46)58-34(18)68)6-86-100(75,76)92-22-12(4-84-102(79,80)94-24)88-36(20(22)64)60-8-48-16-28(60)52-40(44)56-32(16)66/h7-14,19-26,35-38,63-64H,1-6H2,(H,69,70)(H,71,72)(H,73,74)(H,75,76)(H,77,78)(H,79,80)(H3,43,51,55,65)(H3,44,52,56,66)(H3,45,53,57,67)(H3,46,54,58,68)/t11-,12-,13-,14-,19-,20-,21-,22-,23-,24-,25-,26-,35-,36-,37-,38-/m1/s1. The van der Waals surface area contributed by atoms with Gasteiger partial charge in [-0.2, -0.15) is 19.9 Å². The number of nitrogens with one attached hydrogen (secondary N) is 4. The fraction of sp³-hybridized carbons (Fsp3) is 0.524. The van der Waals surface area contributed by atoms with Crippen LogP contribution in [0.25, 0.3) is 44.7 Å². The minimum atomic E-state index is -5.87. The Morgan fingerprint density at radius 1 is 0.441 bits per heavy atom. The molecular formula is C42H52N20O34P6. The van der Waals surface area contributed by atoms with E-state index in [1.165, 1.54) is 0 Å². The number of imidazole rings is 4. The van der Waals surface area contributed by atoms with Crippen molar-refractivity contribution >= 4 is 115 Å². The fourth-order valence-electron chi connectivity index (χ4n) is 11.6. The number of nitrogen functional groups attached to an aromatic ring is 4. The number of hydrogen-bond donors (Lipinski definition) is 16. The lowest BCUT2D eigenvalue weighted by Gasteiger charge is -2.29. The minimum Gasteiger partial charge on any atom is -0.386 e. The third-order valence-corrected chi connectivity index (χ3v) is 21.8. The third kappa shape index (κ3) is 14.1. The van der Waals surface area contributed by atoms with Gasteiger partial charge in [0.1, 0.15) is 73.2 Å². The van der Waals surface area contributed by atoms with E-state index in [9.17, 15) is 86.1 Å². The van der Waals surface area contributed by atoms with Gasteiger partial charge in [-0.25, -0.2) is 47.3 Å². The largest absolute Gasteiger partial charge is 0.472 e. The minimum absolute atomic E-state index is 0.268. The molecule has 54 nitrogen and oxygen atoms in total. The van der Waals surface area contributed by atoms with E-state index in [0.29, 0.717) is 0 Å². The van der Waals surface area contributed by atoms with Crippen LogP contribution in [0.2, 0.25) is 0 Å². The summed E-state index contributed by atoms with van der Waals surface area (Å²) in [5.74, 6) is -1.89. The van der Waals surface area contributed by atoms with Gasteiger partial charge in [-0.15, -0.1) is 0 Å². The zero-order valence-corrected chi connectivity index (χ0v) is 55.7. The van der Waals surface area contributed by atoms with E-state index in [2.05, 4.69) is 59.8 Å². The number of phosphoric ester groups is 6. The monoisotopic (exact) mass is 1570 g/mol. The van der Waals surface area contributed by atoms with E-state index in [1.54, 1.807) is 0 Å². The number of aliphatic hydroxyl groups is 2. The summed E-state index contributed by atoms with van der Waals surface area (Å²) in [6.07, 6.45) is -29.0. The second-order valence-corrected chi connectivity index (χ2v) is 30.9. The number of nitrogens with zero attached hydrogens (tertiary/aromatic N) is 12. The molecule has 14 rings (SSSR count). The molecule has 6 aliphatic rings. The summed E-state index contributed by atoms with van der Waals surface area (Å²) in [6.45, 7) is -7.46. The molecule has 0 amide bonds. The van der Waals surface area contributed by atoms with Gasteiger partial charge in [0.25, 0.3) is 22.2 Å². The van der Waals surface area contributed by atoms with Gasteiger partial charge in [0, 0.05) is 0 Å². The second-order valence-electron chi connectivity index (χ2n) is 22.4. The number of nitrogens with two attached hydrogens (primary N) is 4. The van der Waals surface area contributed by atoms with Crippen LogP contribution >= 0.6 is 46.9 Å². The molecule has 6 saturated heterocycles. The topological polar surface area (TPSA) is 770 Å². The van der Waals surface area contributed by atoms with Gasteiger partial charge in [0.2, 0.25) is 23.8 Å². The average Bonchev–Trinajstić information content (AvgIpc) is 1.61. The molecule has 8 aromatic rings. The molecule has 14 heterocycles. The maximum absolute atomic E-state index is 14.2. The van der Waals surface area contributed by atoms with Crippen molar-refractivity contribution in [2.75, 3.05) is 62.6 Å². The summed E-state index contributed by atoms with van der Waals surface area (Å²) in [4.78, 5) is 159. The molecule has 0 spiro atoms. The van der Waals surface area contributed by atoms with Crippen LogP contribution in [0.5, 0.6) is 0 Å². The van der Waals surface area contributed by atoms with Gasteiger partial charge < -0.3 is 81.5 Å². The fourth-order valence-corrected chi connectivity index (χ4v) is 17.3. The molecule has 6 unspecified atom stereocenters. The predicted molar refractivity (Wildman–Crippen MR) is 322 cm³/mol. The molecule has 0 radical (unpaired) electrons. The molecule has 6 aliphatic heterocycles. The molecule has 8 aromatic heterocycles. The molecular weight excluding hydrogens is 1510 g/mol. The van der Waals surface area contributed by atoms with Crippen molar-refractivity contribution in [2.24, 2.45) is 0 Å². The normalized spacial score (nSPS) is 36.1. The number of H-pyrrole nitrogens is 4. The van der Waals surface area contributed by atoms with Crippen LogP contribution in [0.3, 0.4) is 0 Å². The first-order valence-electron chi connectivity index (χ1n) is 28.8. The lowest BCUT2D eigenvalue weighted by molar-refractivity contribution is -0.0665. The summed E-state index contributed by atoms with van der Waals surface area (Å²) in [5.41, 5.74) is 16.5. The van der Waals surface area contributed by atoms with Crippen LogP contribution in [-0.2, 0) is 101 Å². The highest BCUT2D eigenvalue weighted by molar-refractivity contribution is 7.48. The van der Waals surface area contributed by atoms with Gasteiger partial charge in [-0.3, -0.25) is 112 Å². The zero-order chi connectivity index (χ0) is 72.7. The van der Waals surface area contributed by atoms with E-state index >= 15 is 0 Å². The van der Waals surface area contributed by atoms with Crippen LogP contribution in [0.15, 0.2) is 44.5 Å². The van der Waals surface area contributed by atoms with Crippen LogP contribution < -0.4 is 45.2 Å². The Balaban J connectivity index is 0.706. The number of aromatic amines is 4. The number of fused-ring (bicyclic) bond motifs is 8. The number of anilines is 4. The first-order chi connectivity index (χ1) is 48.0. The van der Waals surface area contributed by atoms with Gasteiger partial charge in [0.15, 0.2) is 69.6 Å². The van der Waals surface area contributed by atoms with Crippen molar-refractivity contribution in [3.63, 3.8) is 0 Å². The van der Waals surface area contributed by atoms with Crippen molar-refractivity contribution in [1.82, 2.24) is 78.1 Å². The average molecular weight is 1570 g/mol. The van der Waals surface area contributed by atoms with Gasteiger partial charge in [-0.1, -0.05) is 0 Å². The Bertz CT molecular complexity index is 4870. The number of aromatic nitrogens is 16. The quantitative estimate of drug-likeness (QED) is 0.0380. The van der Waals surface area contributed by atoms with Crippen molar-refractivity contribution in [3.8, 4) is 0 Å². The number of rotatable bonds is 13. The lowest BCUT2D eigenvalue weighted by Crippen LogP contribution is -2.39. The van der Waals surface area contributed by atoms with E-state index in [0.717, 1.165) is 43.6 Å². The molecule has 22 atom stereocenters. The summed E-state index contributed by atoms with van der Waals surface area (Å²) >= 11 is 0. The SMILES string of the molecule is Nc1nc2c(ncn2[C@@H]2O[C@@H]3COP(=O)(O)O[C@H]4[C@@H](OP(=O)(O)OCCOP(=O)(O)O[C@@H]5[C@@H]6OP(=O)(O)OC[C@H]7O[C@@H](n8cnc9c(=O)[nH]c(N)nc98)[C@H](O)[C@@H]7OP(=O)(O)OC[C@H]6O[C@H]5n5cnc6c(=O)[nH]c(N)nc65)[C@H](n5cnc6c(=O)[nH]c(N)nc65)O[C@@H]4COP(=O)(O)O[C@H]3[C@H]2O)c(=O)[nH]1. The highest BCUT2D eigenvalue weighted by atomic mass is 31.2. The predicted octanol–water partition coefficient (Wildman–Crippen LogP) is -4.80. The van der Waals surface area contributed by atoms with Gasteiger partial charge in [-0.05, 0) is 0 Å². The van der Waals surface area contributed by atoms with Crippen LogP contribution in [0.4, 0.5) is 23.8 Å². The van der Waals surface area contributed by atoms with Crippen molar-refractivity contribution in [1.29, 1.82) is 0 Å². The molecule has 0 aliphatic carbocycles. The highest BCUT2D eigenvalue weighted by Crippen LogP contribution is 2.60. The van der Waals surface area contributed by atoms with E-state index in [1.807, 2.05) is 0 Å². The third-order valence-electron chi connectivity index (χ3n) is 15.8. The number of phosphoric acid groups is 6. The molecule has 20 N–H and O–H groups in total. The molecule has 0 saturated carbocycles. The van der Waals surface area contributed by atoms with E-state index in [-0.39, 0.29) is 22.3 Å². The molecule has 554 valence electrons. The Morgan fingerprint density at radius 2 is 0.686 bits per heavy atom. The first-order valence-corrected chi connectivity index (χ1v) is 37.8. The Morgan fingerprint density at radius 3 is 0.971 bits per heavy atom. The van der Waals surface area contributed by atoms with Crippen LogP contribution in [0, 0.1) is 0 Å². The van der Waals surface area contributed by atoms with Crippen molar-refractivity contribution in [3.05, 3.63) is 66.7 Å². The highest BCUT2D eigenvalue weighted by Gasteiger charge is 2.59. The zero-order valence-electron chi connectivity index (χ0n) is 50.3. The maximum Gasteiger partial charge on any atom is 0.472 e. The summed E-state index contributed by atoms with van der Waals surface area (Å²) in [7, 11) is -34.2. The smallest absolute Gasteiger partial charge is 0.386 e. The van der Waals surface area contributed by atoms with Crippen molar-refractivity contribution < 1.29 is 140 Å². The summed E-state index contributed by atoms with van der Waals surface area (Å²) < 4.78 is 175. The summed E-state index contributed by atoms with van der Waals surface area (Å²) in [5, 5.41) is 23.0. The second kappa shape index (κ2) is 26.6. The number of ether oxygens (including phenoxy) is 4. The maximum atomic E-state index is 14.2. The lowest BCUT2D eigenvalue weighted by atomic mass is 10.1. The molecule has 0 aromatic carbocycles. The molecule has 0 bridgehead atoms. The number of aliphatic hydroxyl groups excluding tert-OH is 2. The van der Waals surface area contributed by atoms with Crippen LogP contribution in [-0.4, -0.2) is 231 Å². The Kier molecular flexibility index (Phi) is 18.7. The molecule has 102 heavy (non-hydrogen) atoms. The Hall–Kier alpha value is -6.98. The number of hydrogen-bond acceptors (Lipinski definition) is 40. The molecule has 60 heteroatoms. The van der Waals surface area contributed by atoms with Gasteiger partial charge >= 0.3 is 46.9 Å².